The van der Waals surface area contributed by atoms with Gasteiger partial charge in [0.2, 0.25) is 0 Å². The Morgan fingerprint density at radius 2 is 1.58 bits per heavy atom. The van der Waals surface area contributed by atoms with E-state index in [1.165, 1.54) is 24.3 Å². The summed E-state index contributed by atoms with van der Waals surface area (Å²) in [6, 6.07) is 10.1. The standard InChI is InChI=1S/C23H16N6O12S2/c24-11-2-5-14(13(8-11)23(32)33)25-27-16-4-1-10-7-18(43(37,38)39)20(22(31)19(10)21(16)30)28-26-15-6-3-12(29(34)35)9-17(15)42-41-40-36/h1-9,30-31,36H,24H2,(H,32,33)(H,37,38,39). The summed E-state index contributed by atoms with van der Waals surface area (Å²) in [7, 11) is -5.06. The first-order valence-corrected chi connectivity index (χ1v) is 13.4. The highest BCUT2D eigenvalue weighted by Gasteiger charge is 2.25. The van der Waals surface area contributed by atoms with Gasteiger partial charge in [0.15, 0.2) is 11.5 Å². The molecule has 0 atom stereocenters. The highest BCUT2D eigenvalue weighted by atomic mass is 32.2. The SMILES string of the molecule is Nc1ccc(N=Nc2ccc3cc(S(=O)(=O)O)c(N=Nc4ccc([N+](=O)[O-])cc4SOOO)c(O)c3c2O)c(C(=O)O)c1. The van der Waals surface area contributed by atoms with Gasteiger partial charge >= 0.3 is 5.97 Å². The smallest absolute Gasteiger partial charge is 0.338 e. The van der Waals surface area contributed by atoms with Gasteiger partial charge in [0.05, 0.1) is 32.8 Å². The van der Waals surface area contributed by atoms with Gasteiger partial charge in [-0.3, -0.25) is 14.7 Å². The molecule has 0 aliphatic heterocycles. The normalized spacial score (nSPS) is 12.0. The number of carboxylic acid groups (broad SMARTS) is 1. The largest absolute Gasteiger partial charge is 0.505 e. The predicted molar refractivity (Wildman–Crippen MR) is 147 cm³/mol. The van der Waals surface area contributed by atoms with Gasteiger partial charge in [0.1, 0.15) is 27.6 Å². The van der Waals surface area contributed by atoms with Crippen LogP contribution in [0.2, 0.25) is 0 Å². The number of carboxylic acids is 1. The number of nitrogens with zero attached hydrogens (tertiary/aromatic N) is 5. The Hall–Kier alpha value is -5.25. The highest BCUT2D eigenvalue weighted by Crippen LogP contribution is 2.48. The van der Waals surface area contributed by atoms with E-state index < -0.39 is 54.2 Å². The molecule has 0 unspecified atom stereocenters. The minimum atomic E-state index is -5.06. The molecule has 0 spiro atoms. The van der Waals surface area contributed by atoms with Crippen LogP contribution in [0.5, 0.6) is 11.5 Å². The number of non-ortho nitro benzene ring substituents is 1. The van der Waals surface area contributed by atoms with Crippen molar-refractivity contribution in [2.45, 2.75) is 9.79 Å². The molecule has 4 aromatic carbocycles. The van der Waals surface area contributed by atoms with Gasteiger partial charge in [-0.15, -0.1) is 24.8 Å². The number of anilines is 1. The lowest BCUT2D eigenvalue weighted by Crippen LogP contribution is -1.99. The molecule has 7 N–H and O–H groups in total. The summed E-state index contributed by atoms with van der Waals surface area (Å²) in [6.45, 7) is 0. The van der Waals surface area contributed by atoms with Crippen LogP contribution in [-0.2, 0) is 19.5 Å². The van der Waals surface area contributed by atoms with Crippen LogP contribution in [0.4, 0.5) is 34.1 Å². The third-order valence-electron chi connectivity index (χ3n) is 5.53. The van der Waals surface area contributed by atoms with E-state index in [0.29, 0.717) is 0 Å². The molecule has 0 bridgehead atoms. The van der Waals surface area contributed by atoms with E-state index in [0.717, 1.165) is 30.3 Å². The molecule has 0 aromatic heterocycles. The number of nitro groups is 1. The van der Waals surface area contributed by atoms with Crippen molar-refractivity contribution in [3.8, 4) is 11.5 Å². The van der Waals surface area contributed by atoms with Crippen molar-refractivity contribution in [2.75, 3.05) is 5.73 Å². The number of phenolic OH excluding ortho intramolecular Hbond substituents is 2. The maximum Gasteiger partial charge on any atom is 0.338 e. The zero-order valence-corrected chi connectivity index (χ0v) is 22.6. The molecular weight excluding hydrogens is 616 g/mol. The second kappa shape index (κ2) is 12.3. The Bertz CT molecular complexity index is 1950. The fourth-order valence-electron chi connectivity index (χ4n) is 3.62. The number of nitrogens with two attached hydrogens (primary N) is 1. The van der Waals surface area contributed by atoms with E-state index in [-0.39, 0.29) is 50.6 Å². The van der Waals surface area contributed by atoms with E-state index in [9.17, 15) is 43.2 Å². The lowest BCUT2D eigenvalue weighted by Gasteiger charge is -2.11. The van der Waals surface area contributed by atoms with E-state index in [2.05, 4.69) is 29.8 Å². The van der Waals surface area contributed by atoms with Gasteiger partial charge in [-0.2, -0.15) is 8.42 Å². The number of aromatic hydroxyl groups is 2. The van der Waals surface area contributed by atoms with Gasteiger partial charge in [-0.25, -0.2) is 10.1 Å². The fraction of sp³-hybridized carbons (Fsp3) is 0. The minimum Gasteiger partial charge on any atom is -0.505 e. The van der Waals surface area contributed by atoms with Crippen LogP contribution in [0, 0.1) is 10.1 Å². The Morgan fingerprint density at radius 3 is 2.23 bits per heavy atom. The number of benzene rings is 4. The molecule has 0 aliphatic carbocycles. The Morgan fingerprint density at radius 1 is 0.930 bits per heavy atom. The molecule has 0 heterocycles. The van der Waals surface area contributed by atoms with Gasteiger partial charge < -0.3 is 21.1 Å². The summed E-state index contributed by atoms with van der Waals surface area (Å²) in [5.74, 6) is -3.06. The number of nitrogen functional groups attached to an aromatic ring is 1. The van der Waals surface area contributed by atoms with Crippen molar-refractivity contribution in [2.24, 2.45) is 20.5 Å². The molecule has 43 heavy (non-hydrogen) atoms. The minimum absolute atomic E-state index is 0.0979. The van der Waals surface area contributed by atoms with E-state index in [4.69, 9.17) is 11.0 Å². The topological polar surface area (TPSA) is 289 Å². The molecule has 4 aromatic rings. The number of hydrogen-bond donors (Lipinski definition) is 6. The molecule has 0 saturated carbocycles. The summed E-state index contributed by atoms with van der Waals surface area (Å²) in [4.78, 5) is 20.8. The Balaban J connectivity index is 1.87. The van der Waals surface area contributed by atoms with Crippen molar-refractivity contribution in [3.63, 3.8) is 0 Å². The maximum absolute atomic E-state index is 12.2. The summed E-state index contributed by atoms with van der Waals surface area (Å²) in [5, 5.41) is 69.0. The second-order valence-electron chi connectivity index (χ2n) is 8.20. The summed E-state index contributed by atoms with van der Waals surface area (Å²) >= 11 is 0.275. The predicted octanol–water partition coefficient (Wildman–Crippen LogP) is 5.95. The molecule has 0 aliphatic rings. The fourth-order valence-corrected chi connectivity index (χ4v) is 4.75. The number of azo groups is 2. The third kappa shape index (κ3) is 6.64. The van der Waals surface area contributed by atoms with E-state index in [1.807, 2.05) is 0 Å². The van der Waals surface area contributed by atoms with Gasteiger partial charge in [0, 0.05) is 17.8 Å². The first-order chi connectivity index (χ1) is 20.3. The molecule has 4 rings (SSSR count). The van der Waals surface area contributed by atoms with Crippen molar-refractivity contribution in [1.29, 1.82) is 0 Å². The molecule has 18 nitrogen and oxygen atoms in total. The number of fused-ring (bicyclic) bond motifs is 1. The number of rotatable bonds is 10. The number of hydrogen-bond acceptors (Lipinski definition) is 16. The van der Waals surface area contributed by atoms with Gasteiger partial charge in [-0.05, 0) is 41.8 Å². The number of carbonyl (C=O) groups is 1. The van der Waals surface area contributed by atoms with Crippen LogP contribution >= 0.6 is 12.0 Å². The highest BCUT2D eigenvalue weighted by molar-refractivity contribution is 7.94. The monoisotopic (exact) mass is 632 g/mol. The van der Waals surface area contributed by atoms with Crippen molar-refractivity contribution < 1.29 is 52.6 Å². The average molecular weight is 633 g/mol. The number of nitro benzene ring substituents is 1. The van der Waals surface area contributed by atoms with Crippen LogP contribution in [0.1, 0.15) is 10.4 Å². The molecule has 0 amide bonds. The molecular formula is C23H16N6O12S2. The van der Waals surface area contributed by atoms with Crippen molar-refractivity contribution in [1.82, 2.24) is 0 Å². The zero-order chi connectivity index (χ0) is 31.5. The second-order valence-corrected chi connectivity index (χ2v) is 10.3. The first kappa shape index (κ1) is 30.7. The third-order valence-corrected chi connectivity index (χ3v) is 7.03. The van der Waals surface area contributed by atoms with Gasteiger partial charge in [0.25, 0.3) is 15.8 Å². The molecule has 0 saturated heterocycles. The van der Waals surface area contributed by atoms with Crippen LogP contribution < -0.4 is 5.73 Å². The van der Waals surface area contributed by atoms with Crippen LogP contribution in [0.3, 0.4) is 0 Å². The Labute approximate surface area is 243 Å². The van der Waals surface area contributed by atoms with E-state index >= 15 is 0 Å². The Kier molecular flexibility index (Phi) is 8.80. The quantitative estimate of drug-likeness (QED) is 0.0224. The van der Waals surface area contributed by atoms with Crippen LogP contribution in [0.25, 0.3) is 10.8 Å². The molecule has 0 fully saturated rings. The molecule has 0 radical (unpaired) electrons. The van der Waals surface area contributed by atoms with Crippen molar-refractivity contribution >= 4 is 73.0 Å². The van der Waals surface area contributed by atoms with Gasteiger partial charge in [-0.1, -0.05) is 11.1 Å². The first-order valence-electron chi connectivity index (χ1n) is 11.2. The lowest BCUT2D eigenvalue weighted by molar-refractivity contribution is -0.432. The average Bonchev–Trinajstić information content (AvgIpc) is 2.95. The van der Waals surface area contributed by atoms with Crippen LogP contribution in [0.15, 0.2) is 84.8 Å². The summed E-state index contributed by atoms with van der Waals surface area (Å²) < 4.78 is 38.4. The zero-order valence-electron chi connectivity index (χ0n) is 20.9. The van der Waals surface area contributed by atoms with E-state index in [1.54, 1.807) is 0 Å². The number of aromatic carboxylic acids is 1. The summed E-state index contributed by atoms with van der Waals surface area (Å²) in [6.07, 6.45) is 0. The summed E-state index contributed by atoms with van der Waals surface area (Å²) in [5.41, 5.74) is 3.62. The van der Waals surface area contributed by atoms with Crippen molar-refractivity contribution in [3.05, 3.63) is 70.3 Å². The molecule has 222 valence electrons. The number of phenols is 2. The van der Waals surface area contributed by atoms with Crippen LogP contribution in [-0.4, -0.2) is 44.4 Å². The molecule has 20 heteroatoms. The maximum atomic E-state index is 12.2. The lowest BCUT2D eigenvalue weighted by atomic mass is 10.1.